The van der Waals surface area contributed by atoms with E-state index in [0.717, 1.165) is 18.0 Å². The third kappa shape index (κ3) is 3.24. The molecule has 1 aromatic heterocycles. The summed E-state index contributed by atoms with van der Waals surface area (Å²) in [6.07, 6.45) is 4.32. The number of aromatic nitrogens is 1. The molecule has 1 aliphatic carbocycles. The van der Waals surface area contributed by atoms with Gasteiger partial charge in [-0.1, -0.05) is 24.3 Å². The highest BCUT2D eigenvalue weighted by atomic mass is 16.5. The number of hydrogen-bond donors (Lipinski definition) is 1. The number of pyridine rings is 1. The zero-order chi connectivity index (χ0) is 14.7. The van der Waals surface area contributed by atoms with Crippen molar-refractivity contribution in [2.75, 3.05) is 7.11 Å². The van der Waals surface area contributed by atoms with E-state index in [2.05, 4.69) is 34.6 Å². The van der Waals surface area contributed by atoms with E-state index >= 15 is 0 Å². The van der Waals surface area contributed by atoms with Crippen LogP contribution in [0.2, 0.25) is 0 Å². The second-order valence-electron chi connectivity index (χ2n) is 5.80. The predicted molar refractivity (Wildman–Crippen MR) is 84.6 cm³/mol. The standard InChI is InChI=1S/C18H22N2O/c1-13-7-8-14(11-19-13)12-20-16-9-15(10-16)17-5-3-4-6-18(17)21-2/h3-8,11,15-16,20H,9-10,12H2,1-2H3. The number of aryl methyl sites for hydroxylation is 1. The Labute approximate surface area is 126 Å². The Morgan fingerprint density at radius 3 is 2.71 bits per heavy atom. The average molecular weight is 282 g/mol. The number of rotatable bonds is 5. The fourth-order valence-electron chi connectivity index (χ4n) is 2.91. The van der Waals surface area contributed by atoms with Crippen molar-refractivity contribution in [3.05, 3.63) is 59.4 Å². The Hall–Kier alpha value is -1.87. The van der Waals surface area contributed by atoms with Crippen LogP contribution in [-0.2, 0) is 6.54 Å². The van der Waals surface area contributed by atoms with E-state index < -0.39 is 0 Å². The molecule has 1 aromatic carbocycles. The largest absolute Gasteiger partial charge is 0.496 e. The lowest BCUT2D eigenvalue weighted by atomic mass is 9.75. The molecule has 0 amide bonds. The van der Waals surface area contributed by atoms with Crippen LogP contribution < -0.4 is 10.1 Å². The molecule has 0 saturated heterocycles. The van der Waals surface area contributed by atoms with Crippen molar-refractivity contribution >= 4 is 0 Å². The molecule has 0 atom stereocenters. The number of para-hydroxylation sites is 1. The monoisotopic (exact) mass is 282 g/mol. The van der Waals surface area contributed by atoms with Crippen LogP contribution in [0.15, 0.2) is 42.6 Å². The minimum absolute atomic E-state index is 0.598. The first-order chi connectivity index (χ1) is 10.3. The summed E-state index contributed by atoms with van der Waals surface area (Å²) in [4.78, 5) is 4.33. The Kier molecular flexibility index (Phi) is 4.20. The quantitative estimate of drug-likeness (QED) is 0.912. The summed E-state index contributed by atoms with van der Waals surface area (Å²) < 4.78 is 5.45. The van der Waals surface area contributed by atoms with Crippen molar-refractivity contribution in [3.8, 4) is 5.75 Å². The third-order valence-corrected chi connectivity index (χ3v) is 4.28. The molecule has 1 saturated carbocycles. The van der Waals surface area contributed by atoms with E-state index in [1.165, 1.54) is 24.0 Å². The topological polar surface area (TPSA) is 34.1 Å². The minimum atomic E-state index is 0.598. The van der Waals surface area contributed by atoms with E-state index in [-0.39, 0.29) is 0 Å². The number of methoxy groups -OCH3 is 1. The van der Waals surface area contributed by atoms with Crippen molar-refractivity contribution in [1.29, 1.82) is 0 Å². The van der Waals surface area contributed by atoms with E-state index in [1.807, 2.05) is 25.3 Å². The van der Waals surface area contributed by atoms with Gasteiger partial charge in [0.25, 0.3) is 0 Å². The van der Waals surface area contributed by atoms with Crippen LogP contribution in [0.3, 0.4) is 0 Å². The molecule has 1 N–H and O–H groups in total. The molecule has 0 bridgehead atoms. The normalized spacial score (nSPS) is 20.9. The van der Waals surface area contributed by atoms with Crippen molar-refractivity contribution in [1.82, 2.24) is 10.3 Å². The molecular weight excluding hydrogens is 260 g/mol. The van der Waals surface area contributed by atoms with Gasteiger partial charge >= 0.3 is 0 Å². The second kappa shape index (κ2) is 6.27. The van der Waals surface area contributed by atoms with Gasteiger partial charge in [0.05, 0.1) is 7.11 Å². The number of benzene rings is 1. The van der Waals surface area contributed by atoms with Crippen LogP contribution in [0.25, 0.3) is 0 Å². The molecule has 0 spiro atoms. The molecule has 3 rings (SSSR count). The van der Waals surface area contributed by atoms with Crippen molar-refractivity contribution in [3.63, 3.8) is 0 Å². The molecule has 2 aromatic rings. The lowest BCUT2D eigenvalue weighted by Gasteiger charge is -2.37. The second-order valence-corrected chi connectivity index (χ2v) is 5.80. The van der Waals surface area contributed by atoms with Crippen molar-refractivity contribution in [2.24, 2.45) is 0 Å². The van der Waals surface area contributed by atoms with Gasteiger partial charge in [-0.05, 0) is 48.9 Å². The fraction of sp³-hybridized carbons (Fsp3) is 0.389. The van der Waals surface area contributed by atoms with Crippen LogP contribution in [-0.4, -0.2) is 18.1 Å². The first-order valence-electron chi connectivity index (χ1n) is 7.54. The van der Waals surface area contributed by atoms with Crippen LogP contribution in [0.5, 0.6) is 5.75 Å². The molecule has 1 aliphatic rings. The number of ether oxygens (including phenoxy) is 1. The minimum Gasteiger partial charge on any atom is -0.496 e. The van der Waals surface area contributed by atoms with Crippen LogP contribution in [0.1, 0.15) is 35.6 Å². The molecule has 21 heavy (non-hydrogen) atoms. The van der Waals surface area contributed by atoms with Crippen molar-refractivity contribution in [2.45, 2.75) is 38.3 Å². The van der Waals surface area contributed by atoms with E-state index in [0.29, 0.717) is 12.0 Å². The summed E-state index contributed by atoms with van der Waals surface area (Å²) in [6, 6.07) is 13.2. The van der Waals surface area contributed by atoms with E-state index in [1.54, 1.807) is 7.11 Å². The van der Waals surface area contributed by atoms with Crippen molar-refractivity contribution < 1.29 is 4.74 Å². The first kappa shape index (κ1) is 14.1. The van der Waals surface area contributed by atoms with Gasteiger partial charge in [-0.3, -0.25) is 4.98 Å². The summed E-state index contributed by atoms with van der Waals surface area (Å²) in [5, 5.41) is 3.61. The predicted octanol–water partition coefficient (Wildman–Crippen LogP) is 3.43. The van der Waals surface area contributed by atoms with Gasteiger partial charge < -0.3 is 10.1 Å². The van der Waals surface area contributed by atoms with Gasteiger partial charge in [-0.2, -0.15) is 0 Å². The summed E-state index contributed by atoms with van der Waals surface area (Å²) in [5.74, 6) is 1.64. The molecule has 0 aliphatic heterocycles. The molecule has 1 fully saturated rings. The van der Waals surface area contributed by atoms with Gasteiger partial charge in [0.1, 0.15) is 5.75 Å². The summed E-state index contributed by atoms with van der Waals surface area (Å²) in [6.45, 7) is 2.91. The lowest BCUT2D eigenvalue weighted by Crippen LogP contribution is -2.39. The number of hydrogen-bond acceptors (Lipinski definition) is 3. The first-order valence-corrected chi connectivity index (χ1v) is 7.54. The number of nitrogens with one attached hydrogen (secondary N) is 1. The molecule has 1 heterocycles. The molecule has 3 heteroatoms. The zero-order valence-corrected chi connectivity index (χ0v) is 12.7. The van der Waals surface area contributed by atoms with Crippen LogP contribution in [0.4, 0.5) is 0 Å². The van der Waals surface area contributed by atoms with Gasteiger partial charge in [-0.25, -0.2) is 0 Å². The average Bonchev–Trinajstić information content (AvgIpc) is 2.48. The smallest absolute Gasteiger partial charge is 0.122 e. The molecule has 0 unspecified atom stereocenters. The molecule has 0 radical (unpaired) electrons. The van der Waals surface area contributed by atoms with Crippen LogP contribution >= 0.6 is 0 Å². The highest BCUT2D eigenvalue weighted by Crippen LogP contribution is 2.40. The summed E-state index contributed by atoms with van der Waals surface area (Å²) in [7, 11) is 1.75. The fourth-order valence-corrected chi connectivity index (χ4v) is 2.91. The maximum atomic E-state index is 5.45. The molecule has 110 valence electrons. The Balaban J connectivity index is 1.50. The SMILES string of the molecule is COc1ccccc1C1CC(NCc2ccc(C)nc2)C1. The molecular formula is C18H22N2O. The Morgan fingerprint density at radius 2 is 2.00 bits per heavy atom. The molecule has 3 nitrogen and oxygen atoms in total. The van der Waals surface area contributed by atoms with Gasteiger partial charge in [0.15, 0.2) is 0 Å². The highest BCUT2D eigenvalue weighted by molar-refractivity contribution is 5.37. The van der Waals surface area contributed by atoms with Crippen LogP contribution in [0, 0.1) is 6.92 Å². The van der Waals surface area contributed by atoms with E-state index in [4.69, 9.17) is 4.74 Å². The van der Waals surface area contributed by atoms with E-state index in [9.17, 15) is 0 Å². The number of nitrogens with zero attached hydrogens (tertiary/aromatic N) is 1. The zero-order valence-electron chi connectivity index (χ0n) is 12.7. The van der Waals surface area contributed by atoms with Gasteiger partial charge in [-0.15, -0.1) is 0 Å². The lowest BCUT2D eigenvalue weighted by molar-refractivity contribution is 0.282. The van der Waals surface area contributed by atoms with Gasteiger partial charge in [0, 0.05) is 24.5 Å². The Bertz CT molecular complexity index is 588. The Morgan fingerprint density at radius 1 is 1.19 bits per heavy atom. The summed E-state index contributed by atoms with van der Waals surface area (Å²) >= 11 is 0. The third-order valence-electron chi connectivity index (χ3n) is 4.28. The maximum absolute atomic E-state index is 5.45. The highest BCUT2D eigenvalue weighted by Gasteiger charge is 2.31. The van der Waals surface area contributed by atoms with Gasteiger partial charge in [0.2, 0.25) is 0 Å². The summed E-state index contributed by atoms with van der Waals surface area (Å²) in [5.41, 5.74) is 3.66. The maximum Gasteiger partial charge on any atom is 0.122 e.